The number of carbonyl (C=O) groups is 2. The van der Waals surface area contributed by atoms with E-state index < -0.39 is 23.7 Å². The van der Waals surface area contributed by atoms with E-state index in [4.69, 9.17) is 34.8 Å². The van der Waals surface area contributed by atoms with Crippen LogP contribution >= 0.6 is 46.6 Å². The lowest BCUT2D eigenvalue weighted by Crippen LogP contribution is -2.33. The molecule has 3 rings (SSSR count). The number of nitrogens with zero attached hydrogens (tertiary/aromatic N) is 3. The average molecular weight is 595 g/mol. The third-order valence-corrected chi connectivity index (χ3v) is 7.27. The van der Waals surface area contributed by atoms with Crippen LogP contribution in [0.25, 0.3) is 0 Å². The molecule has 0 bridgehead atoms. The summed E-state index contributed by atoms with van der Waals surface area (Å²) < 4.78 is 40.5. The second kappa shape index (κ2) is 11.9. The van der Waals surface area contributed by atoms with Crippen LogP contribution in [0.4, 0.5) is 18.9 Å². The minimum Gasteiger partial charge on any atom is -0.342 e. The number of alkyl halides is 3. The summed E-state index contributed by atoms with van der Waals surface area (Å²) in [5, 5.41) is 14.5. The molecular formula is C23H21Cl3F3N5O2S. The summed E-state index contributed by atoms with van der Waals surface area (Å²) in [5.74, 6) is -0.748. The highest BCUT2D eigenvalue weighted by Crippen LogP contribution is 2.34. The normalized spacial score (nSPS) is 12.5. The van der Waals surface area contributed by atoms with Crippen molar-refractivity contribution in [1.82, 2.24) is 20.1 Å². The molecular weight excluding hydrogens is 574 g/mol. The summed E-state index contributed by atoms with van der Waals surface area (Å²) in [6, 6.07) is 6.69. The maximum absolute atomic E-state index is 13.0. The van der Waals surface area contributed by atoms with Gasteiger partial charge in [0, 0.05) is 12.6 Å². The maximum Gasteiger partial charge on any atom is 0.416 e. The maximum atomic E-state index is 13.0. The Kier molecular flexibility index (Phi) is 9.38. The zero-order chi connectivity index (χ0) is 27.5. The lowest BCUT2D eigenvalue weighted by Gasteiger charge is -2.22. The number of amides is 2. The molecule has 0 aliphatic carbocycles. The van der Waals surface area contributed by atoms with Crippen LogP contribution in [0.2, 0.25) is 15.1 Å². The zero-order valence-electron chi connectivity index (χ0n) is 19.7. The second-order valence-corrected chi connectivity index (χ2v) is 10.4. The molecule has 0 aliphatic rings. The van der Waals surface area contributed by atoms with E-state index in [-0.39, 0.29) is 33.3 Å². The van der Waals surface area contributed by atoms with Crippen LogP contribution in [0.1, 0.15) is 41.6 Å². The molecule has 0 unspecified atom stereocenters. The molecule has 2 amide bonds. The van der Waals surface area contributed by atoms with Crippen LogP contribution in [0, 0.1) is 5.92 Å². The fourth-order valence-corrected chi connectivity index (χ4v) is 4.41. The van der Waals surface area contributed by atoms with Crippen molar-refractivity contribution >= 4 is 64.1 Å². The summed E-state index contributed by atoms with van der Waals surface area (Å²) in [6.45, 7) is 3.79. The van der Waals surface area contributed by atoms with Gasteiger partial charge in [-0.3, -0.25) is 9.59 Å². The average Bonchev–Trinajstić information content (AvgIpc) is 3.18. The van der Waals surface area contributed by atoms with Crippen LogP contribution in [0.5, 0.6) is 0 Å². The number of benzene rings is 2. The summed E-state index contributed by atoms with van der Waals surface area (Å²) in [7, 11) is 1.68. The Morgan fingerprint density at radius 2 is 1.70 bits per heavy atom. The smallest absolute Gasteiger partial charge is 0.342 e. The van der Waals surface area contributed by atoms with Crippen molar-refractivity contribution in [2.75, 3.05) is 11.1 Å². The van der Waals surface area contributed by atoms with E-state index in [2.05, 4.69) is 20.8 Å². The predicted octanol–water partition coefficient (Wildman–Crippen LogP) is 6.65. The summed E-state index contributed by atoms with van der Waals surface area (Å²) in [4.78, 5) is 25.2. The molecule has 1 aromatic heterocycles. The highest BCUT2D eigenvalue weighted by atomic mass is 35.5. The van der Waals surface area contributed by atoms with Gasteiger partial charge in [0.1, 0.15) is 0 Å². The Balaban J connectivity index is 1.69. The highest BCUT2D eigenvalue weighted by molar-refractivity contribution is 7.99. The molecule has 0 aliphatic heterocycles. The van der Waals surface area contributed by atoms with Crippen molar-refractivity contribution in [2.45, 2.75) is 31.2 Å². The Labute approximate surface area is 230 Å². The van der Waals surface area contributed by atoms with E-state index in [0.29, 0.717) is 21.6 Å². The Morgan fingerprint density at radius 1 is 1.03 bits per heavy atom. The molecule has 1 atom stereocenters. The number of halogens is 6. The van der Waals surface area contributed by atoms with Crippen LogP contribution < -0.4 is 10.6 Å². The van der Waals surface area contributed by atoms with E-state index >= 15 is 0 Å². The van der Waals surface area contributed by atoms with Gasteiger partial charge in [-0.25, -0.2) is 0 Å². The zero-order valence-corrected chi connectivity index (χ0v) is 22.7. The summed E-state index contributed by atoms with van der Waals surface area (Å²) >= 11 is 18.9. The number of carbonyl (C=O) groups excluding carboxylic acids is 2. The quantitative estimate of drug-likeness (QED) is 0.285. The van der Waals surface area contributed by atoms with Crippen LogP contribution in [-0.2, 0) is 18.0 Å². The van der Waals surface area contributed by atoms with Crippen molar-refractivity contribution < 1.29 is 22.8 Å². The lowest BCUT2D eigenvalue weighted by atomic mass is 10.0. The molecule has 2 N–H and O–H groups in total. The molecule has 7 nitrogen and oxygen atoms in total. The molecule has 1 heterocycles. The minimum absolute atomic E-state index is 0.0233. The Hall–Kier alpha value is -2.47. The van der Waals surface area contributed by atoms with E-state index in [9.17, 15) is 22.8 Å². The summed E-state index contributed by atoms with van der Waals surface area (Å²) in [5.41, 5.74) is -0.757. The van der Waals surface area contributed by atoms with Gasteiger partial charge >= 0.3 is 6.18 Å². The van der Waals surface area contributed by atoms with Gasteiger partial charge in [0.25, 0.3) is 5.91 Å². The van der Waals surface area contributed by atoms with Gasteiger partial charge in [0.05, 0.1) is 38.1 Å². The van der Waals surface area contributed by atoms with Crippen molar-refractivity contribution in [3.8, 4) is 0 Å². The van der Waals surface area contributed by atoms with Crippen LogP contribution in [-0.4, -0.2) is 32.3 Å². The first kappa shape index (κ1) is 29.1. The SMILES string of the molecule is CC(C)[C@H](NC(=O)c1ccc(Cl)c(Cl)c1)c1nnc(SCC(=O)Nc2cc(C(F)(F)F)ccc2Cl)n1C. The molecule has 37 heavy (non-hydrogen) atoms. The third kappa shape index (κ3) is 7.31. The Bertz CT molecular complexity index is 1320. The van der Waals surface area contributed by atoms with Crippen molar-refractivity contribution in [1.29, 1.82) is 0 Å². The first-order valence-electron chi connectivity index (χ1n) is 10.7. The minimum atomic E-state index is -4.57. The Morgan fingerprint density at radius 3 is 2.32 bits per heavy atom. The monoisotopic (exact) mass is 593 g/mol. The van der Waals surface area contributed by atoms with E-state index in [1.54, 1.807) is 17.7 Å². The molecule has 0 saturated carbocycles. The number of anilines is 1. The molecule has 3 aromatic rings. The van der Waals surface area contributed by atoms with E-state index in [1.165, 1.54) is 12.1 Å². The number of hydrogen-bond donors (Lipinski definition) is 2. The van der Waals surface area contributed by atoms with E-state index in [0.717, 1.165) is 30.0 Å². The van der Waals surface area contributed by atoms with Crippen LogP contribution in [0.3, 0.4) is 0 Å². The largest absolute Gasteiger partial charge is 0.416 e. The number of thioether (sulfide) groups is 1. The van der Waals surface area contributed by atoms with Crippen LogP contribution in [0.15, 0.2) is 41.6 Å². The lowest BCUT2D eigenvalue weighted by molar-refractivity contribution is -0.137. The summed E-state index contributed by atoms with van der Waals surface area (Å²) in [6.07, 6.45) is -4.57. The van der Waals surface area contributed by atoms with Crippen molar-refractivity contribution in [3.05, 3.63) is 68.4 Å². The van der Waals surface area contributed by atoms with Gasteiger partial charge in [-0.2, -0.15) is 13.2 Å². The molecule has 0 spiro atoms. The van der Waals surface area contributed by atoms with Crippen molar-refractivity contribution in [3.63, 3.8) is 0 Å². The topological polar surface area (TPSA) is 88.9 Å². The highest BCUT2D eigenvalue weighted by Gasteiger charge is 2.31. The predicted molar refractivity (Wildman–Crippen MR) is 138 cm³/mol. The fourth-order valence-electron chi connectivity index (χ4n) is 3.23. The standard InChI is InChI=1S/C23H21Cl3F3N5O2S/c1-11(2)19(31-21(36)12-4-6-14(24)16(26)8-12)20-32-33-22(34(20)3)37-10-18(35)30-17-9-13(23(27,28)29)5-7-15(17)25/h4-9,11,19H,10H2,1-3H3,(H,30,35)(H,31,36)/t19-/m0/s1. The van der Waals surface area contributed by atoms with Gasteiger partial charge in [0.15, 0.2) is 11.0 Å². The second-order valence-electron chi connectivity index (χ2n) is 8.25. The van der Waals surface area contributed by atoms with E-state index in [1.807, 2.05) is 13.8 Å². The number of aromatic nitrogens is 3. The number of hydrogen-bond acceptors (Lipinski definition) is 5. The van der Waals surface area contributed by atoms with Gasteiger partial charge < -0.3 is 15.2 Å². The number of rotatable bonds is 8. The van der Waals surface area contributed by atoms with Crippen molar-refractivity contribution in [2.24, 2.45) is 13.0 Å². The molecule has 198 valence electrons. The molecule has 0 fully saturated rings. The van der Waals surface area contributed by atoms with Gasteiger partial charge in [-0.1, -0.05) is 60.4 Å². The molecule has 14 heteroatoms. The molecule has 0 saturated heterocycles. The first-order chi connectivity index (χ1) is 17.3. The van der Waals surface area contributed by atoms with Gasteiger partial charge in [0.2, 0.25) is 5.91 Å². The molecule has 0 radical (unpaired) electrons. The third-order valence-electron chi connectivity index (χ3n) is 5.18. The van der Waals surface area contributed by atoms with Gasteiger partial charge in [-0.15, -0.1) is 10.2 Å². The number of nitrogens with one attached hydrogen (secondary N) is 2. The van der Waals surface area contributed by atoms with Gasteiger partial charge in [-0.05, 0) is 42.3 Å². The fraction of sp³-hybridized carbons (Fsp3) is 0.304. The molecule has 2 aromatic carbocycles. The first-order valence-corrected chi connectivity index (χ1v) is 12.8.